The molecule has 2 rings (SSSR count). The molecule has 1 saturated heterocycles. The maximum absolute atomic E-state index is 11.8. The number of hydrogen-bond donors (Lipinski definition) is 5. The van der Waals surface area contributed by atoms with E-state index in [-0.39, 0.29) is 12.4 Å². The van der Waals surface area contributed by atoms with Gasteiger partial charge < -0.3 is 31.3 Å². The molecule has 34 heavy (non-hydrogen) atoms. The number of allylic oxidation sites excluding steroid dienone is 4. The third-order valence-corrected chi connectivity index (χ3v) is 3.91. The van der Waals surface area contributed by atoms with E-state index < -0.39 is 36.2 Å². The highest BCUT2D eigenvalue weighted by molar-refractivity contribution is 5.76. The third kappa shape index (κ3) is 12.9. The molecule has 0 spiro atoms. The fraction of sp³-hybridized carbons (Fsp3) is 0.500. The lowest BCUT2D eigenvalue weighted by Gasteiger charge is -2.32. The molecule has 0 bridgehead atoms. The highest BCUT2D eigenvalue weighted by atomic mass is 19.4. The van der Waals surface area contributed by atoms with Crippen molar-refractivity contribution in [3.63, 3.8) is 0 Å². The van der Waals surface area contributed by atoms with Crippen LogP contribution in [0.15, 0.2) is 49.0 Å². The van der Waals surface area contributed by atoms with Crippen molar-refractivity contribution in [2.24, 2.45) is 0 Å². The second kappa shape index (κ2) is 16.6. The summed E-state index contributed by atoms with van der Waals surface area (Å²) >= 11 is 0. The van der Waals surface area contributed by atoms with Gasteiger partial charge >= 0.3 is 12.2 Å². The molecule has 192 valence electrons. The lowest BCUT2D eigenvalue weighted by atomic mass is 10.0. The molecule has 0 aliphatic carbocycles. The molecule has 1 aliphatic heterocycles. The first-order valence-corrected chi connectivity index (χ1v) is 10.6. The first kappa shape index (κ1) is 31.0. The van der Waals surface area contributed by atoms with Crippen LogP contribution >= 0.6 is 0 Å². The van der Waals surface area contributed by atoms with Crippen LogP contribution in [0.3, 0.4) is 0 Å². The minimum absolute atomic E-state index is 0.131. The molecular formula is C22H34F3N5O4. The Morgan fingerprint density at radius 1 is 1.35 bits per heavy atom. The second-order valence-electron chi connectivity index (χ2n) is 6.96. The van der Waals surface area contributed by atoms with Crippen molar-refractivity contribution in [1.82, 2.24) is 20.6 Å². The minimum atomic E-state index is -4.47. The molecule has 1 aromatic rings. The Kier molecular flexibility index (Phi) is 15.2. The molecule has 1 aliphatic rings. The van der Waals surface area contributed by atoms with Crippen molar-refractivity contribution in [1.29, 1.82) is 0 Å². The van der Waals surface area contributed by atoms with Crippen LogP contribution in [0.5, 0.6) is 0 Å². The summed E-state index contributed by atoms with van der Waals surface area (Å²) in [5.74, 6) is -0.236. The van der Waals surface area contributed by atoms with E-state index in [1.165, 1.54) is 6.42 Å². The van der Waals surface area contributed by atoms with Crippen molar-refractivity contribution in [2.45, 2.75) is 58.1 Å². The predicted molar refractivity (Wildman–Crippen MR) is 123 cm³/mol. The van der Waals surface area contributed by atoms with E-state index in [4.69, 9.17) is 10.5 Å². The zero-order chi connectivity index (χ0) is 26.1. The summed E-state index contributed by atoms with van der Waals surface area (Å²) in [7, 11) is 0. The van der Waals surface area contributed by atoms with Gasteiger partial charge in [-0.05, 0) is 19.4 Å². The Bertz CT molecular complexity index is 803. The maximum atomic E-state index is 11.8. The molecule has 3 unspecified atom stereocenters. The van der Waals surface area contributed by atoms with Gasteiger partial charge in [0, 0.05) is 18.8 Å². The van der Waals surface area contributed by atoms with Crippen LogP contribution in [-0.2, 0) is 10.9 Å². The zero-order valence-electron chi connectivity index (χ0n) is 19.5. The van der Waals surface area contributed by atoms with Crippen molar-refractivity contribution in [3.05, 3.63) is 54.7 Å². The van der Waals surface area contributed by atoms with Gasteiger partial charge in [-0.2, -0.15) is 13.2 Å². The number of carbonyl (C=O) groups excluding carboxylic acids is 1. The number of aliphatic hydroxyl groups excluding tert-OH is 2. The van der Waals surface area contributed by atoms with Crippen LogP contribution in [-0.4, -0.2) is 57.7 Å². The predicted octanol–water partition coefficient (Wildman–Crippen LogP) is 2.94. The first-order valence-electron chi connectivity index (χ1n) is 10.6. The zero-order valence-corrected chi connectivity index (χ0v) is 19.5. The van der Waals surface area contributed by atoms with Gasteiger partial charge in [0.15, 0.2) is 5.69 Å². The molecule has 9 nitrogen and oxygen atoms in total. The monoisotopic (exact) mass is 489 g/mol. The van der Waals surface area contributed by atoms with Crippen LogP contribution in [0.1, 0.15) is 39.3 Å². The van der Waals surface area contributed by atoms with E-state index in [0.29, 0.717) is 24.9 Å². The Hall–Kier alpha value is -2.96. The number of carbonyl (C=O) groups is 1. The Morgan fingerprint density at radius 2 is 2.00 bits per heavy atom. The normalized spacial score (nSPS) is 20.4. The van der Waals surface area contributed by atoms with Crippen LogP contribution in [0.25, 0.3) is 0 Å². The van der Waals surface area contributed by atoms with E-state index in [9.17, 15) is 28.2 Å². The van der Waals surface area contributed by atoms with Crippen LogP contribution in [0.4, 0.5) is 23.8 Å². The number of nitrogens with zero attached hydrogens (tertiary/aromatic N) is 2. The van der Waals surface area contributed by atoms with Gasteiger partial charge in [0.05, 0.1) is 18.5 Å². The molecule has 0 aromatic carbocycles. The highest BCUT2D eigenvalue weighted by Crippen LogP contribution is 2.26. The number of aliphatic hydroxyl groups is 2. The summed E-state index contributed by atoms with van der Waals surface area (Å²) in [6.45, 7) is 10.1. The third-order valence-electron chi connectivity index (χ3n) is 3.91. The number of nitrogens with two attached hydrogens (primary N) is 1. The first-order chi connectivity index (χ1) is 16.0. The molecule has 2 heterocycles. The van der Waals surface area contributed by atoms with Gasteiger partial charge in [0.1, 0.15) is 18.0 Å². The largest absolute Gasteiger partial charge is 0.434 e. The lowest BCUT2D eigenvalue weighted by molar-refractivity contribution is -0.141. The molecule has 0 radical (unpaired) electrons. The number of aromatic nitrogens is 2. The fourth-order valence-corrected chi connectivity index (χ4v) is 2.30. The summed E-state index contributed by atoms with van der Waals surface area (Å²) in [5.41, 5.74) is 4.54. The molecule has 0 saturated carbocycles. The van der Waals surface area contributed by atoms with Crippen LogP contribution in [0.2, 0.25) is 0 Å². The standard InChI is InChI=1S/C14H22N2O4.C5H4F3N3.C3H8/c1-3-5-6-10(4-2)16-14(19)15-9-12-13(18)11(17)7-8-20-12;6-5(7,8)3-1-10-2-4(9)11-3;1-3-2/h3-6,11-13,17-18H,1,7-9H2,2H3,(H2,15,16,19);1-2H,(H2,9,11);3H2,1-2H3/b6-5-,10-4+;;. The highest BCUT2D eigenvalue weighted by Gasteiger charge is 2.33. The molecule has 6 N–H and O–H groups in total. The summed E-state index contributed by atoms with van der Waals surface area (Å²) in [6, 6.07) is -0.400. The average molecular weight is 490 g/mol. The second-order valence-corrected chi connectivity index (χ2v) is 6.96. The number of urea groups is 1. The minimum Gasteiger partial charge on any atom is -0.390 e. The average Bonchev–Trinajstić information content (AvgIpc) is 2.78. The quantitative estimate of drug-likeness (QED) is 0.400. The number of anilines is 1. The van der Waals surface area contributed by atoms with Gasteiger partial charge in [0.2, 0.25) is 0 Å². The van der Waals surface area contributed by atoms with E-state index in [1.807, 2.05) is 0 Å². The number of alkyl halides is 3. The SMILES string of the molecule is C=C/C=C\C(=C/C)NC(=O)NCC1OCCC(O)C1O.CCC.Nc1cncc(C(F)(F)F)n1. The summed E-state index contributed by atoms with van der Waals surface area (Å²) in [6.07, 6.45) is 3.25. The summed E-state index contributed by atoms with van der Waals surface area (Å²) in [4.78, 5) is 18.0. The Labute approximate surface area is 197 Å². The number of halogens is 3. The van der Waals surface area contributed by atoms with Gasteiger partial charge in [-0.15, -0.1) is 0 Å². The molecule has 1 fully saturated rings. The van der Waals surface area contributed by atoms with E-state index >= 15 is 0 Å². The van der Waals surface area contributed by atoms with Crippen molar-refractivity contribution in [3.8, 4) is 0 Å². The molecule has 1 aromatic heterocycles. The molecule has 12 heteroatoms. The van der Waals surface area contributed by atoms with E-state index in [2.05, 4.69) is 41.0 Å². The van der Waals surface area contributed by atoms with Crippen LogP contribution < -0.4 is 16.4 Å². The lowest BCUT2D eigenvalue weighted by Crippen LogP contribution is -2.51. The number of amides is 2. The van der Waals surface area contributed by atoms with Gasteiger partial charge in [0.25, 0.3) is 0 Å². The topological polar surface area (TPSA) is 143 Å². The Morgan fingerprint density at radius 3 is 2.50 bits per heavy atom. The number of ether oxygens (including phenoxy) is 1. The molecule has 2 amide bonds. The fourth-order valence-electron chi connectivity index (χ4n) is 2.30. The van der Waals surface area contributed by atoms with Crippen molar-refractivity contribution < 1.29 is 32.9 Å². The number of hydrogen-bond acceptors (Lipinski definition) is 7. The van der Waals surface area contributed by atoms with Gasteiger partial charge in [-0.25, -0.2) is 9.78 Å². The molecular weight excluding hydrogens is 455 g/mol. The van der Waals surface area contributed by atoms with Crippen molar-refractivity contribution >= 4 is 11.8 Å². The van der Waals surface area contributed by atoms with Gasteiger partial charge in [-0.3, -0.25) is 4.98 Å². The maximum Gasteiger partial charge on any atom is 0.434 e. The van der Waals surface area contributed by atoms with E-state index in [0.717, 1.165) is 6.20 Å². The Balaban J connectivity index is 0.000000651. The smallest absolute Gasteiger partial charge is 0.390 e. The number of nitrogens with one attached hydrogen (secondary N) is 2. The number of nitrogen functional groups attached to an aromatic ring is 1. The summed E-state index contributed by atoms with van der Waals surface area (Å²) in [5, 5.41) is 24.5. The van der Waals surface area contributed by atoms with E-state index in [1.54, 1.807) is 31.2 Å². The van der Waals surface area contributed by atoms with Crippen LogP contribution in [0, 0.1) is 0 Å². The van der Waals surface area contributed by atoms with Crippen molar-refractivity contribution in [2.75, 3.05) is 18.9 Å². The number of rotatable bonds is 5. The molecule has 3 atom stereocenters. The van der Waals surface area contributed by atoms with Gasteiger partial charge in [-0.1, -0.05) is 45.1 Å². The summed E-state index contributed by atoms with van der Waals surface area (Å²) < 4.78 is 40.7.